The molecule has 1 N–H and O–H groups in total. The second kappa shape index (κ2) is 9.78. The minimum atomic E-state index is -0.377. The lowest BCUT2D eigenvalue weighted by Gasteiger charge is -2.35. The largest absolute Gasteiger partial charge is 0.382 e. The molecule has 32 heavy (non-hydrogen) atoms. The molecular formula is C25H28N4O3. The van der Waals surface area contributed by atoms with Crippen molar-refractivity contribution >= 4 is 11.6 Å². The molecule has 2 aromatic carbocycles. The van der Waals surface area contributed by atoms with E-state index in [-0.39, 0.29) is 12.1 Å². The van der Waals surface area contributed by atoms with Crippen LogP contribution in [0.3, 0.4) is 0 Å². The van der Waals surface area contributed by atoms with Crippen LogP contribution >= 0.6 is 0 Å². The van der Waals surface area contributed by atoms with Crippen molar-refractivity contribution < 1.29 is 14.1 Å². The molecule has 0 spiro atoms. The molecule has 7 nitrogen and oxygen atoms in total. The smallest absolute Gasteiger partial charge is 0.322 e. The highest BCUT2D eigenvalue weighted by Gasteiger charge is 2.35. The molecular weight excluding hydrogens is 404 g/mol. The molecule has 1 atom stereocenters. The van der Waals surface area contributed by atoms with Crippen LogP contribution in [0.4, 0.5) is 4.79 Å². The van der Waals surface area contributed by atoms with Crippen molar-refractivity contribution in [3.05, 3.63) is 77.3 Å². The zero-order chi connectivity index (χ0) is 22.5. The fourth-order valence-corrected chi connectivity index (χ4v) is 3.84. The molecule has 1 aliphatic heterocycles. The number of urea groups is 1. The van der Waals surface area contributed by atoms with Crippen LogP contribution in [0.1, 0.15) is 43.3 Å². The van der Waals surface area contributed by atoms with E-state index in [4.69, 9.17) is 14.2 Å². The quantitative estimate of drug-likeness (QED) is 0.509. The fraction of sp³-hybridized carbons (Fsp3) is 0.320. The summed E-state index contributed by atoms with van der Waals surface area (Å²) in [5.41, 5.74) is 4.61. The van der Waals surface area contributed by atoms with Crippen molar-refractivity contribution in [2.24, 2.45) is 0 Å². The number of carbonyl (C=O) groups is 1. The van der Waals surface area contributed by atoms with E-state index in [9.17, 15) is 4.79 Å². The van der Waals surface area contributed by atoms with E-state index in [1.54, 1.807) is 4.90 Å². The Morgan fingerprint density at radius 3 is 2.56 bits per heavy atom. The van der Waals surface area contributed by atoms with Crippen LogP contribution in [-0.4, -0.2) is 40.8 Å². The summed E-state index contributed by atoms with van der Waals surface area (Å²) < 4.78 is 11.2. The normalized spacial score (nSPS) is 16.4. The van der Waals surface area contributed by atoms with Crippen LogP contribution in [0.2, 0.25) is 0 Å². The van der Waals surface area contributed by atoms with Crippen molar-refractivity contribution in [2.45, 2.75) is 33.2 Å². The third kappa shape index (κ3) is 4.57. The summed E-state index contributed by atoms with van der Waals surface area (Å²) in [6.07, 6.45) is 0.736. The van der Waals surface area contributed by atoms with Crippen LogP contribution in [0, 0.1) is 6.92 Å². The molecule has 0 fully saturated rings. The van der Waals surface area contributed by atoms with Gasteiger partial charge in [0.25, 0.3) is 5.89 Å². The predicted molar refractivity (Wildman–Crippen MR) is 123 cm³/mol. The van der Waals surface area contributed by atoms with E-state index in [1.807, 2.05) is 75.4 Å². The van der Waals surface area contributed by atoms with Gasteiger partial charge in [0, 0.05) is 31.0 Å². The first-order valence-electron chi connectivity index (χ1n) is 10.9. The van der Waals surface area contributed by atoms with Gasteiger partial charge in [0.05, 0.1) is 11.6 Å². The monoisotopic (exact) mass is 432 g/mol. The van der Waals surface area contributed by atoms with Crippen molar-refractivity contribution in [2.75, 3.05) is 19.8 Å². The molecule has 1 aromatic heterocycles. The van der Waals surface area contributed by atoms with Crippen LogP contribution < -0.4 is 5.32 Å². The van der Waals surface area contributed by atoms with Gasteiger partial charge in [-0.1, -0.05) is 65.3 Å². The average Bonchev–Trinajstić information content (AvgIpc) is 3.29. The molecule has 0 radical (unpaired) electrons. The molecule has 4 rings (SSSR count). The standard InChI is InChI=1S/C25H28N4O3/c1-4-31-16-8-15-29-18(3)21(22(26-25(29)30)19-9-6-5-7-10-19)24-27-23(28-32-24)20-13-11-17(2)12-14-20/h5-7,9-14,22H,4,8,15-16H2,1-3H3,(H,26,30). The molecule has 0 saturated heterocycles. The lowest BCUT2D eigenvalue weighted by atomic mass is 9.94. The van der Waals surface area contributed by atoms with Gasteiger partial charge in [-0.2, -0.15) is 4.98 Å². The topological polar surface area (TPSA) is 80.5 Å². The van der Waals surface area contributed by atoms with Gasteiger partial charge in [-0.05, 0) is 32.8 Å². The number of aromatic nitrogens is 2. The summed E-state index contributed by atoms with van der Waals surface area (Å²) in [4.78, 5) is 19.4. The Bertz CT molecular complexity index is 1090. The maximum absolute atomic E-state index is 13.0. The van der Waals surface area contributed by atoms with Crippen molar-refractivity contribution in [3.63, 3.8) is 0 Å². The number of aryl methyl sites for hydroxylation is 1. The number of hydrogen-bond acceptors (Lipinski definition) is 5. The van der Waals surface area contributed by atoms with E-state index in [1.165, 1.54) is 0 Å². The summed E-state index contributed by atoms with van der Waals surface area (Å²) in [5.74, 6) is 0.925. The Kier molecular flexibility index (Phi) is 6.66. The lowest BCUT2D eigenvalue weighted by Crippen LogP contribution is -2.46. The number of nitrogens with zero attached hydrogens (tertiary/aromatic N) is 3. The highest BCUT2D eigenvalue weighted by molar-refractivity contribution is 5.86. The van der Waals surface area contributed by atoms with Gasteiger partial charge in [-0.25, -0.2) is 4.79 Å². The molecule has 0 aliphatic carbocycles. The van der Waals surface area contributed by atoms with E-state index in [0.717, 1.165) is 34.4 Å². The van der Waals surface area contributed by atoms with Gasteiger partial charge in [0.1, 0.15) is 0 Å². The van der Waals surface area contributed by atoms with Crippen LogP contribution in [0.15, 0.2) is 64.8 Å². The van der Waals surface area contributed by atoms with E-state index in [2.05, 4.69) is 10.5 Å². The molecule has 7 heteroatoms. The number of rotatable bonds is 8. The molecule has 166 valence electrons. The van der Waals surface area contributed by atoms with Gasteiger partial charge in [0.15, 0.2) is 0 Å². The molecule has 0 bridgehead atoms. The first-order valence-corrected chi connectivity index (χ1v) is 10.9. The second-order valence-corrected chi connectivity index (χ2v) is 7.78. The summed E-state index contributed by atoms with van der Waals surface area (Å²) >= 11 is 0. The number of nitrogens with one attached hydrogen (secondary N) is 1. The minimum absolute atomic E-state index is 0.144. The van der Waals surface area contributed by atoms with Gasteiger partial charge < -0.3 is 14.6 Å². The summed E-state index contributed by atoms with van der Waals surface area (Å²) in [5, 5.41) is 7.33. The van der Waals surface area contributed by atoms with Crippen molar-refractivity contribution in [3.8, 4) is 11.4 Å². The van der Waals surface area contributed by atoms with Gasteiger partial charge >= 0.3 is 6.03 Å². The van der Waals surface area contributed by atoms with Crippen molar-refractivity contribution in [1.29, 1.82) is 0 Å². The SMILES string of the molecule is CCOCCCN1C(=O)NC(c2ccccc2)C(c2nc(-c3ccc(C)cc3)no2)=C1C. The Labute approximate surface area is 188 Å². The first kappa shape index (κ1) is 21.8. The van der Waals surface area contributed by atoms with E-state index < -0.39 is 0 Å². The number of ether oxygens (including phenoxy) is 1. The Morgan fingerprint density at radius 1 is 1.09 bits per heavy atom. The van der Waals surface area contributed by atoms with Crippen molar-refractivity contribution in [1.82, 2.24) is 20.4 Å². The second-order valence-electron chi connectivity index (χ2n) is 7.78. The molecule has 1 unspecified atom stereocenters. The van der Waals surface area contributed by atoms with Gasteiger partial charge in [-0.15, -0.1) is 0 Å². The Morgan fingerprint density at radius 2 is 1.84 bits per heavy atom. The first-order chi connectivity index (χ1) is 15.6. The highest BCUT2D eigenvalue weighted by atomic mass is 16.5. The summed E-state index contributed by atoms with van der Waals surface area (Å²) in [6.45, 7) is 7.73. The molecule has 2 heterocycles. The fourth-order valence-electron chi connectivity index (χ4n) is 3.84. The summed E-state index contributed by atoms with van der Waals surface area (Å²) in [6, 6.07) is 17.3. The maximum Gasteiger partial charge on any atom is 0.322 e. The molecule has 1 aliphatic rings. The number of amides is 2. The van der Waals surface area contributed by atoms with Gasteiger partial charge in [0.2, 0.25) is 5.82 Å². The number of allylic oxidation sites excluding steroid dienone is 1. The van der Waals surface area contributed by atoms with E-state index >= 15 is 0 Å². The third-order valence-electron chi connectivity index (χ3n) is 5.57. The molecule has 2 amide bonds. The number of hydrogen-bond donors (Lipinski definition) is 1. The predicted octanol–water partition coefficient (Wildman–Crippen LogP) is 4.97. The third-order valence-corrected chi connectivity index (χ3v) is 5.57. The van der Waals surface area contributed by atoms with E-state index in [0.29, 0.717) is 31.5 Å². The van der Waals surface area contributed by atoms with Crippen LogP contribution in [0.25, 0.3) is 17.0 Å². The average molecular weight is 433 g/mol. The zero-order valence-electron chi connectivity index (χ0n) is 18.7. The lowest BCUT2D eigenvalue weighted by molar-refractivity contribution is 0.136. The number of carbonyl (C=O) groups excluding carboxylic acids is 1. The highest BCUT2D eigenvalue weighted by Crippen LogP contribution is 2.37. The Hall–Kier alpha value is -3.45. The zero-order valence-corrected chi connectivity index (χ0v) is 18.7. The summed E-state index contributed by atoms with van der Waals surface area (Å²) in [7, 11) is 0. The number of benzene rings is 2. The minimum Gasteiger partial charge on any atom is -0.382 e. The molecule has 3 aromatic rings. The molecule has 0 saturated carbocycles. The Balaban J connectivity index is 1.72. The van der Waals surface area contributed by atoms with Crippen LogP contribution in [0.5, 0.6) is 0 Å². The van der Waals surface area contributed by atoms with Gasteiger partial charge in [-0.3, -0.25) is 4.90 Å². The van der Waals surface area contributed by atoms with Crippen LogP contribution in [-0.2, 0) is 4.74 Å². The maximum atomic E-state index is 13.0.